The first-order valence-corrected chi connectivity index (χ1v) is 11.7. The Morgan fingerprint density at radius 2 is 1.78 bits per heavy atom. The maximum absolute atomic E-state index is 13.0. The summed E-state index contributed by atoms with van der Waals surface area (Å²) in [5, 5.41) is 11.7. The van der Waals surface area contributed by atoms with Gasteiger partial charge in [-0.1, -0.05) is 77.7 Å². The number of thioether (sulfide) groups is 1. The van der Waals surface area contributed by atoms with Gasteiger partial charge in [-0.05, 0) is 55.3 Å². The number of aryl methyl sites for hydroxylation is 2. The molecular weight excluding hydrogens is 460 g/mol. The number of benzene rings is 3. The highest BCUT2D eigenvalue weighted by Gasteiger charge is 2.34. The molecule has 4 rings (SSSR count). The predicted molar refractivity (Wildman–Crippen MR) is 135 cm³/mol. The van der Waals surface area contributed by atoms with Gasteiger partial charge in [-0.15, -0.1) is 0 Å². The SMILES string of the molecule is Cc1ccc(Sc2ccc(/C=C3\SC(=S)N(c4ccccc4C)C3=O)cc2[N+](=O)[O-])cc1. The number of hydrogen-bond acceptors (Lipinski definition) is 6. The second-order valence-electron chi connectivity index (χ2n) is 7.20. The topological polar surface area (TPSA) is 63.5 Å². The second-order valence-corrected chi connectivity index (χ2v) is 9.99. The van der Waals surface area contributed by atoms with E-state index in [9.17, 15) is 14.9 Å². The third-order valence-electron chi connectivity index (χ3n) is 4.88. The van der Waals surface area contributed by atoms with Gasteiger partial charge < -0.3 is 0 Å². The number of hydrogen-bond donors (Lipinski definition) is 0. The van der Waals surface area contributed by atoms with Crippen LogP contribution < -0.4 is 4.90 Å². The fourth-order valence-electron chi connectivity index (χ4n) is 3.23. The molecule has 0 bridgehead atoms. The molecule has 32 heavy (non-hydrogen) atoms. The smallest absolute Gasteiger partial charge is 0.268 e. The zero-order valence-corrected chi connectivity index (χ0v) is 19.7. The van der Waals surface area contributed by atoms with Crippen molar-refractivity contribution in [1.82, 2.24) is 0 Å². The summed E-state index contributed by atoms with van der Waals surface area (Å²) >= 11 is 7.97. The van der Waals surface area contributed by atoms with Gasteiger partial charge in [-0.25, -0.2) is 0 Å². The first kappa shape index (κ1) is 22.3. The molecule has 0 atom stereocenters. The van der Waals surface area contributed by atoms with Gasteiger partial charge in [0, 0.05) is 11.0 Å². The van der Waals surface area contributed by atoms with Gasteiger partial charge in [0.25, 0.3) is 11.6 Å². The number of rotatable bonds is 5. The molecule has 1 amide bonds. The molecule has 160 valence electrons. The van der Waals surface area contributed by atoms with Crippen molar-refractivity contribution in [2.24, 2.45) is 0 Å². The Bertz CT molecular complexity index is 1270. The van der Waals surface area contributed by atoms with Crippen molar-refractivity contribution >= 4 is 63.4 Å². The molecule has 0 unspecified atom stereocenters. The predicted octanol–water partition coefficient (Wildman–Crippen LogP) is 6.77. The largest absolute Gasteiger partial charge is 0.283 e. The van der Waals surface area contributed by atoms with Crippen LogP contribution in [0.25, 0.3) is 6.08 Å². The van der Waals surface area contributed by atoms with E-state index in [4.69, 9.17) is 12.2 Å². The molecule has 0 radical (unpaired) electrons. The van der Waals surface area contributed by atoms with Gasteiger partial charge >= 0.3 is 0 Å². The molecule has 1 saturated heterocycles. The van der Waals surface area contributed by atoms with Crippen LogP contribution in [-0.4, -0.2) is 15.2 Å². The number of nitrogens with zero attached hydrogens (tertiary/aromatic N) is 2. The van der Waals surface area contributed by atoms with Crippen LogP contribution in [0.2, 0.25) is 0 Å². The Morgan fingerprint density at radius 3 is 2.47 bits per heavy atom. The van der Waals surface area contributed by atoms with Crippen LogP contribution in [0.4, 0.5) is 11.4 Å². The number of carbonyl (C=O) groups excluding carboxylic acids is 1. The normalized spacial score (nSPS) is 14.9. The highest BCUT2D eigenvalue weighted by molar-refractivity contribution is 8.27. The van der Waals surface area contributed by atoms with Crippen molar-refractivity contribution in [3.05, 3.63) is 98.4 Å². The Kier molecular flexibility index (Phi) is 6.45. The highest BCUT2D eigenvalue weighted by Crippen LogP contribution is 2.39. The number of nitro groups is 1. The van der Waals surface area contributed by atoms with Crippen molar-refractivity contribution < 1.29 is 9.72 Å². The lowest BCUT2D eigenvalue weighted by Crippen LogP contribution is -2.28. The van der Waals surface area contributed by atoms with E-state index in [1.165, 1.54) is 34.5 Å². The summed E-state index contributed by atoms with van der Waals surface area (Å²) in [7, 11) is 0. The molecule has 8 heteroatoms. The average molecular weight is 479 g/mol. The summed E-state index contributed by atoms with van der Waals surface area (Å²) < 4.78 is 0.441. The number of anilines is 1. The summed E-state index contributed by atoms with van der Waals surface area (Å²) in [6.45, 7) is 3.92. The van der Waals surface area contributed by atoms with Gasteiger partial charge in [0.15, 0.2) is 4.32 Å². The van der Waals surface area contributed by atoms with Crippen LogP contribution in [0.1, 0.15) is 16.7 Å². The minimum atomic E-state index is -0.396. The molecule has 1 fully saturated rings. The molecule has 1 heterocycles. The third kappa shape index (κ3) is 4.62. The lowest BCUT2D eigenvalue weighted by Gasteiger charge is -2.16. The molecule has 1 aliphatic rings. The zero-order chi connectivity index (χ0) is 22.8. The minimum absolute atomic E-state index is 0.00120. The Balaban J connectivity index is 1.64. The second kappa shape index (κ2) is 9.28. The van der Waals surface area contributed by atoms with Crippen LogP contribution in [0.3, 0.4) is 0 Å². The summed E-state index contributed by atoms with van der Waals surface area (Å²) in [6.07, 6.45) is 1.66. The van der Waals surface area contributed by atoms with Gasteiger partial charge in [-0.2, -0.15) is 0 Å². The van der Waals surface area contributed by atoms with E-state index in [0.29, 0.717) is 19.7 Å². The molecule has 0 spiro atoms. The monoisotopic (exact) mass is 478 g/mol. The fraction of sp³-hybridized carbons (Fsp3) is 0.0833. The summed E-state index contributed by atoms with van der Waals surface area (Å²) in [4.78, 5) is 27.8. The Morgan fingerprint density at radius 1 is 1.06 bits per heavy atom. The first-order chi connectivity index (χ1) is 15.3. The van der Waals surface area contributed by atoms with Gasteiger partial charge in [-0.3, -0.25) is 19.8 Å². The van der Waals surface area contributed by atoms with Gasteiger partial charge in [0.05, 0.1) is 20.4 Å². The number of carbonyl (C=O) groups is 1. The molecule has 0 saturated carbocycles. The number of amides is 1. The molecule has 0 N–H and O–H groups in total. The molecule has 3 aromatic rings. The van der Waals surface area contributed by atoms with E-state index in [0.717, 1.165) is 21.7 Å². The van der Waals surface area contributed by atoms with Crippen LogP contribution in [0, 0.1) is 24.0 Å². The van der Waals surface area contributed by atoms with E-state index in [2.05, 4.69) is 0 Å². The quantitative estimate of drug-likeness (QED) is 0.175. The summed E-state index contributed by atoms with van der Waals surface area (Å²) in [6, 6.07) is 20.4. The van der Waals surface area contributed by atoms with Gasteiger partial charge in [0.2, 0.25) is 0 Å². The molecular formula is C24H18N2O3S3. The average Bonchev–Trinajstić information content (AvgIpc) is 3.04. The van der Waals surface area contributed by atoms with Crippen molar-refractivity contribution in [2.75, 3.05) is 4.90 Å². The van der Waals surface area contributed by atoms with Crippen LogP contribution in [-0.2, 0) is 4.79 Å². The standard InChI is InChI=1S/C24H18N2O3S3/c1-15-7-10-18(11-8-15)31-21-12-9-17(13-20(21)26(28)29)14-22-23(27)25(24(30)32-22)19-6-4-3-5-16(19)2/h3-14H,1-2H3/b22-14-. The Labute approximate surface area is 199 Å². The van der Waals surface area contributed by atoms with Crippen LogP contribution in [0.15, 0.2) is 81.4 Å². The molecule has 1 aliphatic heterocycles. The molecule has 0 aliphatic carbocycles. The van der Waals surface area contributed by atoms with Gasteiger partial charge in [0.1, 0.15) is 0 Å². The number of nitro benzene ring substituents is 1. The highest BCUT2D eigenvalue weighted by atomic mass is 32.2. The van der Waals surface area contributed by atoms with Crippen molar-refractivity contribution in [2.45, 2.75) is 23.6 Å². The van der Waals surface area contributed by atoms with Crippen molar-refractivity contribution in [3.63, 3.8) is 0 Å². The van der Waals surface area contributed by atoms with E-state index >= 15 is 0 Å². The molecule has 3 aromatic carbocycles. The number of para-hydroxylation sites is 1. The fourth-order valence-corrected chi connectivity index (χ4v) is 5.41. The lowest BCUT2D eigenvalue weighted by atomic mass is 10.1. The maximum Gasteiger partial charge on any atom is 0.283 e. The number of thiocarbonyl (C=S) groups is 1. The van der Waals surface area contributed by atoms with Crippen molar-refractivity contribution in [1.29, 1.82) is 0 Å². The third-order valence-corrected chi connectivity index (χ3v) is 7.25. The minimum Gasteiger partial charge on any atom is -0.268 e. The summed E-state index contributed by atoms with van der Waals surface area (Å²) in [5.74, 6) is -0.227. The zero-order valence-electron chi connectivity index (χ0n) is 17.3. The Hall–Kier alpha value is -2.94. The molecule has 0 aromatic heterocycles. The van der Waals surface area contributed by atoms with Crippen molar-refractivity contribution in [3.8, 4) is 0 Å². The van der Waals surface area contributed by atoms with Crippen LogP contribution in [0.5, 0.6) is 0 Å². The molecule has 5 nitrogen and oxygen atoms in total. The lowest BCUT2D eigenvalue weighted by molar-refractivity contribution is -0.387. The van der Waals surface area contributed by atoms with E-state index in [1.54, 1.807) is 18.2 Å². The summed E-state index contributed by atoms with van der Waals surface area (Å²) in [5.41, 5.74) is 3.39. The van der Waals surface area contributed by atoms with Crippen LogP contribution >= 0.6 is 35.7 Å². The van der Waals surface area contributed by atoms with E-state index in [-0.39, 0.29) is 11.6 Å². The van der Waals surface area contributed by atoms with E-state index < -0.39 is 4.92 Å². The maximum atomic E-state index is 13.0. The first-order valence-electron chi connectivity index (χ1n) is 9.70. The van der Waals surface area contributed by atoms with E-state index in [1.807, 2.05) is 62.4 Å².